The molecule has 0 aromatic carbocycles. The van der Waals surface area contributed by atoms with Gasteiger partial charge in [-0.15, -0.1) is 0 Å². The van der Waals surface area contributed by atoms with E-state index in [1.165, 1.54) is 32.1 Å². The van der Waals surface area contributed by atoms with Crippen molar-refractivity contribution in [3.05, 3.63) is 18.0 Å². The van der Waals surface area contributed by atoms with Gasteiger partial charge in [-0.3, -0.25) is 0 Å². The molecule has 0 radical (unpaired) electrons. The molecule has 0 spiro atoms. The first-order valence-electron chi connectivity index (χ1n) is 5.99. The molecule has 3 nitrogen and oxygen atoms in total. The van der Waals surface area contributed by atoms with Gasteiger partial charge in [0.1, 0.15) is 5.76 Å². The molecule has 1 fully saturated rings. The fourth-order valence-electron chi connectivity index (χ4n) is 2.40. The maximum atomic E-state index is 5.06. The van der Waals surface area contributed by atoms with Crippen molar-refractivity contribution in [2.75, 3.05) is 0 Å². The van der Waals surface area contributed by atoms with Crippen LogP contribution in [0.1, 0.15) is 44.8 Å². The van der Waals surface area contributed by atoms with Gasteiger partial charge in [0.2, 0.25) is 0 Å². The van der Waals surface area contributed by atoms with Gasteiger partial charge in [0, 0.05) is 12.1 Å². The minimum absolute atomic E-state index is 0.593. The van der Waals surface area contributed by atoms with Crippen molar-refractivity contribution in [1.29, 1.82) is 0 Å². The Morgan fingerprint density at radius 2 is 2.27 bits per heavy atom. The van der Waals surface area contributed by atoms with Crippen LogP contribution in [0.4, 0.5) is 0 Å². The molecule has 1 aliphatic rings. The van der Waals surface area contributed by atoms with Gasteiger partial charge < -0.3 is 9.84 Å². The van der Waals surface area contributed by atoms with E-state index < -0.39 is 0 Å². The van der Waals surface area contributed by atoms with E-state index in [2.05, 4.69) is 17.4 Å². The number of rotatable bonds is 4. The minimum Gasteiger partial charge on any atom is -0.360 e. The number of nitrogens with zero attached hydrogens (tertiary/aromatic N) is 1. The third-order valence-corrected chi connectivity index (χ3v) is 3.45. The van der Waals surface area contributed by atoms with Crippen LogP contribution in [0, 0.1) is 5.92 Å². The van der Waals surface area contributed by atoms with Crippen molar-refractivity contribution >= 4 is 0 Å². The number of aromatic nitrogens is 1. The summed E-state index contributed by atoms with van der Waals surface area (Å²) >= 11 is 0. The molecule has 3 heteroatoms. The maximum absolute atomic E-state index is 5.06. The lowest BCUT2D eigenvalue weighted by Crippen LogP contribution is -2.34. The quantitative estimate of drug-likeness (QED) is 0.826. The van der Waals surface area contributed by atoms with Crippen molar-refractivity contribution in [1.82, 2.24) is 10.5 Å². The second kappa shape index (κ2) is 5.31. The Hall–Kier alpha value is -0.830. The first-order chi connectivity index (χ1) is 7.36. The molecule has 1 heterocycles. The van der Waals surface area contributed by atoms with Gasteiger partial charge in [0.25, 0.3) is 0 Å². The molecule has 0 amide bonds. The van der Waals surface area contributed by atoms with E-state index in [4.69, 9.17) is 4.52 Å². The van der Waals surface area contributed by atoms with Crippen LogP contribution in [0.2, 0.25) is 0 Å². The largest absolute Gasteiger partial charge is 0.360 e. The molecular weight excluding hydrogens is 188 g/mol. The van der Waals surface area contributed by atoms with Crippen molar-refractivity contribution in [3.8, 4) is 0 Å². The molecule has 1 unspecified atom stereocenters. The standard InChI is InChI=1S/C12H20N2O/c1-10(11-5-3-2-4-6-11)13-9-12-7-8-14-15-12/h7-8,10-11,13H,2-6,9H2,1H3. The van der Waals surface area contributed by atoms with E-state index in [1.807, 2.05) is 6.07 Å². The molecular formula is C12H20N2O. The second-order valence-corrected chi connectivity index (χ2v) is 4.55. The van der Waals surface area contributed by atoms with Crippen molar-refractivity contribution in [2.45, 2.75) is 51.6 Å². The lowest BCUT2D eigenvalue weighted by molar-refractivity contribution is 0.271. The molecule has 15 heavy (non-hydrogen) atoms. The average Bonchev–Trinajstić information content (AvgIpc) is 2.80. The zero-order chi connectivity index (χ0) is 10.5. The highest BCUT2D eigenvalue weighted by Crippen LogP contribution is 2.26. The Bertz CT molecular complexity index is 265. The summed E-state index contributed by atoms with van der Waals surface area (Å²) in [6.07, 6.45) is 8.68. The predicted molar refractivity (Wildman–Crippen MR) is 59.4 cm³/mol. The molecule has 1 saturated carbocycles. The van der Waals surface area contributed by atoms with Crippen LogP contribution in [0.15, 0.2) is 16.8 Å². The lowest BCUT2D eigenvalue weighted by Gasteiger charge is -2.28. The molecule has 0 aliphatic heterocycles. The number of nitrogens with one attached hydrogen (secondary N) is 1. The van der Waals surface area contributed by atoms with Crippen LogP contribution in [0.25, 0.3) is 0 Å². The maximum Gasteiger partial charge on any atom is 0.150 e. The minimum atomic E-state index is 0.593. The van der Waals surface area contributed by atoms with E-state index in [-0.39, 0.29) is 0 Å². The van der Waals surface area contributed by atoms with Gasteiger partial charge in [-0.05, 0) is 25.7 Å². The first-order valence-corrected chi connectivity index (χ1v) is 5.99. The van der Waals surface area contributed by atoms with Crippen LogP contribution in [0.3, 0.4) is 0 Å². The topological polar surface area (TPSA) is 38.1 Å². The van der Waals surface area contributed by atoms with Crippen LogP contribution < -0.4 is 5.32 Å². The van der Waals surface area contributed by atoms with E-state index in [0.29, 0.717) is 6.04 Å². The molecule has 1 aromatic heterocycles. The van der Waals surface area contributed by atoms with Crippen LogP contribution in [0.5, 0.6) is 0 Å². The highest BCUT2D eigenvalue weighted by atomic mass is 16.5. The third-order valence-electron chi connectivity index (χ3n) is 3.45. The summed E-state index contributed by atoms with van der Waals surface area (Å²) in [6, 6.07) is 2.51. The molecule has 84 valence electrons. The lowest BCUT2D eigenvalue weighted by atomic mass is 9.84. The van der Waals surface area contributed by atoms with E-state index in [1.54, 1.807) is 6.20 Å². The van der Waals surface area contributed by atoms with Crippen LogP contribution in [-0.2, 0) is 6.54 Å². The summed E-state index contributed by atoms with van der Waals surface area (Å²) in [5, 5.41) is 7.22. The van der Waals surface area contributed by atoms with Gasteiger partial charge in [0.05, 0.1) is 12.7 Å². The highest BCUT2D eigenvalue weighted by Gasteiger charge is 2.19. The Morgan fingerprint density at radius 3 is 2.93 bits per heavy atom. The molecule has 1 aliphatic carbocycles. The summed E-state index contributed by atoms with van der Waals surface area (Å²) in [7, 11) is 0. The summed E-state index contributed by atoms with van der Waals surface area (Å²) in [5.74, 6) is 1.78. The Morgan fingerprint density at radius 1 is 1.47 bits per heavy atom. The highest BCUT2D eigenvalue weighted by molar-refractivity contribution is 4.92. The Kier molecular flexibility index (Phi) is 3.78. The number of hydrogen-bond donors (Lipinski definition) is 1. The van der Waals surface area contributed by atoms with Gasteiger partial charge >= 0.3 is 0 Å². The zero-order valence-corrected chi connectivity index (χ0v) is 9.41. The summed E-state index contributed by atoms with van der Waals surface area (Å²) < 4.78 is 5.06. The molecule has 0 saturated heterocycles. The van der Waals surface area contributed by atoms with Gasteiger partial charge in [-0.2, -0.15) is 0 Å². The Labute approximate surface area is 91.2 Å². The summed E-state index contributed by atoms with van der Waals surface area (Å²) in [6.45, 7) is 3.09. The number of hydrogen-bond acceptors (Lipinski definition) is 3. The first kappa shape index (κ1) is 10.7. The van der Waals surface area contributed by atoms with Crippen molar-refractivity contribution in [3.63, 3.8) is 0 Å². The molecule has 1 aromatic rings. The zero-order valence-electron chi connectivity index (χ0n) is 9.41. The molecule has 1 N–H and O–H groups in total. The van der Waals surface area contributed by atoms with Gasteiger partial charge in [-0.25, -0.2) is 0 Å². The van der Waals surface area contributed by atoms with E-state index in [9.17, 15) is 0 Å². The van der Waals surface area contributed by atoms with Crippen LogP contribution >= 0.6 is 0 Å². The van der Waals surface area contributed by atoms with Gasteiger partial charge in [-0.1, -0.05) is 24.4 Å². The third kappa shape index (κ3) is 3.06. The van der Waals surface area contributed by atoms with Crippen molar-refractivity contribution in [2.24, 2.45) is 5.92 Å². The van der Waals surface area contributed by atoms with Crippen LogP contribution in [-0.4, -0.2) is 11.2 Å². The second-order valence-electron chi connectivity index (χ2n) is 4.55. The van der Waals surface area contributed by atoms with Gasteiger partial charge in [0.15, 0.2) is 0 Å². The fourth-order valence-corrected chi connectivity index (χ4v) is 2.40. The molecule has 2 rings (SSSR count). The molecule has 0 bridgehead atoms. The monoisotopic (exact) mass is 208 g/mol. The van der Waals surface area contributed by atoms with Crippen molar-refractivity contribution < 1.29 is 4.52 Å². The molecule has 1 atom stereocenters. The average molecular weight is 208 g/mol. The predicted octanol–water partition coefficient (Wildman–Crippen LogP) is 2.73. The van der Waals surface area contributed by atoms with E-state index in [0.717, 1.165) is 18.2 Å². The van der Waals surface area contributed by atoms with E-state index >= 15 is 0 Å². The SMILES string of the molecule is CC(NCc1ccno1)C1CCCCC1. The smallest absolute Gasteiger partial charge is 0.150 e. The summed E-state index contributed by atoms with van der Waals surface area (Å²) in [4.78, 5) is 0. The fraction of sp³-hybridized carbons (Fsp3) is 0.750. The normalized spacial score (nSPS) is 20.3. The summed E-state index contributed by atoms with van der Waals surface area (Å²) in [5.41, 5.74) is 0. The Balaban J connectivity index is 1.74.